The minimum atomic E-state index is -0.204. The molecule has 2 aliphatic rings. The standard InChI is InChI=1S/C20H34N2O2/c1-5-16-13-15(4)17(18(16)19(23)14(2)3)20(24)21-9-12-22-10-7-6-8-11-22/h5,14-18H,1,6-13H2,2-4H3,(H,21,24). The number of allylic oxidation sites excluding steroid dienone is 1. The Hall–Kier alpha value is -1.16. The van der Waals surface area contributed by atoms with E-state index in [0.717, 1.165) is 26.1 Å². The molecule has 0 aromatic heterocycles. The van der Waals surface area contributed by atoms with Crippen molar-refractivity contribution in [3.05, 3.63) is 12.7 Å². The molecule has 2 rings (SSSR count). The van der Waals surface area contributed by atoms with Crippen molar-refractivity contribution in [2.45, 2.75) is 46.5 Å². The van der Waals surface area contributed by atoms with E-state index in [1.54, 1.807) is 0 Å². The number of carbonyl (C=O) groups is 2. The van der Waals surface area contributed by atoms with Crippen molar-refractivity contribution in [2.24, 2.45) is 29.6 Å². The van der Waals surface area contributed by atoms with Gasteiger partial charge in [0, 0.05) is 24.9 Å². The summed E-state index contributed by atoms with van der Waals surface area (Å²) in [6, 6.07) is 0. The molecule has 1 N–H and O–H groups in total. The molecule has 4 heteroatoms. The lowest BCUT2D eigenvalue weighted by atomic mass is 9.80. The van der Waals surface area contributed by atoms with Gasteiger partial charge in [0.15, 0.2) is 0 Å². The van der Waals surface area contributed by atoms with Crippen LogP contribution in [0.4, 0.5) is 0 Å². The van der Waals surface area contributed by atoms with Gasteiger partial charge in [-0.2, -0.15) is 0 Å². The number of likely N-dealkylation sites (tertiary alicyclic amines) is 1. The fourth-order valence-electron chi connectivity index (χ4n) is 4.42. The van der Waals surface area contributed by atoms with Gasteiger partial charge in [-0.1, -0.05) is 33.3 Å². The average Bonchev–Trinajstić information content (AvgIpc) is 2.91. The summed E-state index contributed by atoms with van der Waals surface area (Å²) in [4.78, 5) is 27.9. The summed E-state index contributed by atoms with van der Waals surface area (Å²) in [7, 11) is 0. The van der Waals surface area contributed by atoms with E-state index in [1.807, 2.05) is 19.9 Å². The van der Waals surface area contributed by atoms with Crippen molar-refractivity contribution in [3.63, 3.8) is 0 Å². The molecule has 0 aromatic rings. The lowest BCUT2D eigenvalue weighted by Crippen LogP contribution is -2.43. The van der Waals surface area contributed by atoms with Crippen molar-refractivity contribution >= 4 is 11.7 Å². The van der Waals surface area contributed by atoms with Crippen molar-refractivity contribution in [3.8, 4) is 0 Å². The average molecular weight is 335 g/mol. The summed E-state index contributed by atoms with van der Waals surface area (Å²) < 4.78 is 0. The van der Waals surface area contributed by atoms with Crippen LogP contribution in [-0.4, -0.2) is 42.8 Å². The Kier molecular flexibility index (Phi) is 7.02. The van der Waals surface area contributed by atoms with Gasteiger partial charge in [0.2, 0.25) is 5.91 Å². The molecule has 1 amide bonds. The highest BCUT2D eigenvalue weighted by Gasteiger charge is 2.47. The van der Waals surface area contributed by atoms with Gasteiger partial charge in [0.1, 0.15) is 5.78 Å². The summed E-state index contributed by atoms with van der Waals surface area (Å²) in [6.45, 7) is 13.7. The second kappa shape index (κ2) is 8.80. The number of amides is 1. The van der Waals surface area contributed by atoms with Crippen LogP contribution in [0.15, 0.2) is 12.7 Å². The normalized spacial score (nSPS) is 31.2. The Bertz CT molecular complexity index is 455. The number of hydrogen-bond acceptors (Lipinski definition) is 3. The molecule has 1 saturated carbocycles. The number of rotatable bonds is 7. The van der Waals surface area contributed by atoms with Crippen LogP contribution in [0, 0.1) is 29.6 Å². The van der Waals surface area contributed by atoms with Crippen LogP contribution in [0.3, 0.4) is 0 Å². The Morgan fingerprint density at radius 2 is 1.88 bits per heavy atom. The zero-order valence-corrected chi connectivity index (χ0v) is 15.6. The van der Waals surface area contributed by atoms with Crippen LogP contribution < -0.4 is 5.32 Å². The van der Waals surface area contributed by atoms with Crippen LogP contribution in [0.2, 0.25) is 0 Å². The first-order valence-electron chi connectivity index (χ1n) is 9.62. The first-order chi connectivity index (χ1) is 11.5. The molecule has 0 radical (unpaired) electrons. The van der Waals surface area contributed by atoms with Gasteiger partial charge in [-0.3, -0.25) is 9.59 Å². The lowest BCUT2D eigenvalue weighted by Gasteiger charge is -2.28. The zero-order valence-electron chi connectivity index (χ0n) is 15.6. The molecular weight excluding hydrogens is 300 g/mol. The first kappa shape index (κ1) is 19.2. The minimum absolute atomic E-state index is 0.0357. The van der Waals surface area contributed by atoms with Crippen LogP contribution >= 0.6 is 0 Å². The highest BCUT2D eigenvalue weighted by atomic mass is 16.2. The zero-order chi connectivity index (χ0) is 17.7. The number of Topliss-reactive ketones (excluding diaryl/α,β-unsaturated/α-hetero) is 1. The predicted molar refractivity (Wildman–Crippen MR) is 97.6 cm³/mol. The van der Waals surface area contributed by atoms with E-state index in [2.05, 4.69) is 23.7 Å². The monoisotopic (exact) mass is 334 g/mol. The van der Waals surface area contributed by atoms with Gasteiger partial charge in [-0.15, -0.1) is 6.58 Å². The lowest BCUT2D eigenvalue weighted by molar-refractivity contribution is -0.135. The largest absolute Gasteiger partial charge is 0.355 e. The van der Waals surface area contributed by atoms with Gasteiger partial charge in [0.05, 0.1) is 5.92 Å². The fourth-order valence-corrected chi connectivity index (χ4v) is 4.42. The van der Waals surface area contributed by atoms with Crippen LogP contribution in [-0.2, 0) is 9.59 Å². The third-order valence-electron chi connectivity index (χ3n) is 5.78. The minimum Gasteiger partial charge on any atom is -0.355 e. The molecule has 136 valence electrons. The smallest absolute Gasteiger partial charge is 0.224 e. The third-order valence-corrected chi connectivity index (χ3v) is 5.78. The van der Waals surface area contributed by atoms with Crippen molar-refractivity contribution in [2.75, 3.05) is 26.2 Å². The quantitative estimate of drug-likeness (QED) is 0.728. The second-order valence-electron chi connectivity index (χ2n) is 7.91. The predicted octanol–water partition coefficient (Wildman–Crippen LogP) is 2.89. The summed E-state index contributed by atoms with van der Waals surface area (Å²) in [6.07, 6.45) is 6.61. The number of nitrogens with zero attached hydrogens (tertiary/aromatic N) is 1. The molecule has 4 atom stereocenters. The van der Waals surface area contributed by atoms with Gasteiger partial charge in [-0.25, -0.2) is 0 Å². The number of piperidine rings is 1. The van der Waals surface area contributed by atoms with Gasteiger partial charge < -0.3 is 10.2 Å². The Labute approximate surface area is 147 Å². The molecule has 0 aromatic carbocycles. The van der Waals surface area contributed by atoms with E-state index >= 15 is 0 Å². The van der Waals surface area contributed by atoms with Gasteiger partial charge >= 0.3 is 0 Å². The number of hydrogen-bond donors (Lipinski definition) is 1. The molecule has 1 aliphatic heterocycles. The van der Waals surface area contributed by atoms with Gasteiger partial charge in [0.25, 0.3) is 0 Å². The van der Waals surface area contributed by atoms with Gasteiger partial charge in [-0.05, 0) is 44.2 Å². The Morgan fingerprint density at radius 1 is 1.21 bits per heavy atom. The van der Waals surface area contributed by atoms with Crippen molar-refractivity contribution in [1.29, 1.82) is 0 Å². The molecule has 1 heterocycles. The molecular formula is C20H34N2O2. The van der Waals surface area contributed by atoms with E-state index in [9.17, 15) is 9.59 Å². The highest BCUT2D eigenvalue weighted by molar-refractivity contribution is 5.91. The summed E-state index contributed by atoms with van der Waals surface area (Å²) in [5.74, 6) is 0.190. The van der Waals surface area contributed by atoms with E-state index in [-0.39, 0.29) is 41.3 Å². The maximum atomic E-state index is 12.8. The first-order valence-corrected chi connectivity index (χ1v) is 9.62. The number of ketones is 1. The molecule has 4 nitrogen and oxygen atoms in total. The molecule has 4 unspecified atom stereocenters. The van der Waals surface area contributed by atoms with E-state index in [0.29, 0.717) is 6.54 Å². The maximum Gasteiger partial charge on any atom is 0.224 e. The van der Waals surface area contributed by atoms with E-state index in [1.165, 1.54) is 19.3 Å². The topological polar surface area (TPSA) is 49.4 Å². The molecule has 1 aliphatic carbocycles. The summed E-state index contributed by atoms with van der Waals surface area (Å²) in [5, 5.41) is 3.10. The van der Waals surface area contributed by atoms with Crippen molar-refractivity contribution < 1.29 is 9.59 Å². The second-order valence-corrected chi connectivity index (χ2v) is 7.91. The highest BCUT2D eigenvalue weighted by Crippen LogP contribution is 2.43. The number of carbonyl (C=O) groups excluding carboxylic acids is 2. The van der Waals surface area contributed by atoms with Crippen LogP contribution in [0.5, 0.6) is 0 Å². The van der Waals surface area contributed by atoms with E-state index < -0.39 is 0 Å². The summed E-state index contributed by atoms with van der Waals surface area (Å²) >= 11 is 0. The fraction of sp³-hybridized carbons (Fsp3) is 0.800. The molecule has 2 fully saturated rings. The molecule has 0 bridgehead atoms. The van der Waals surface area contributed by atoms with Crippen LogP contribution in [0.1, 0.15) is 46.5 Å². The van der Waals surface area contributed by atoms with E-state index in [4.69, 9.17) is 0 Å². The molecule has 0 spiro atoms. The summed E-state index contributed by atoms with van der Waals surface area (Å²) in [5.41, 5.74) is 0. The third kappa shape index (κ3) is 4.47. The number of nitrogens with one attached hydrogen (secondary N) is 1. The van der Waals surface area contributed by atoms with Crippen molar-refractivity contribution in [1.82, 2.24) is 10.2 Å². The molecule has 24 heavy (non-hydrogen) atoms. The Morgan fingerprint density at radius 3 is 2.46 bits per heavy atom. The Balaban J connectivity index is 1.94. The van der Waals surface area contributed by atoms with Crippen LogP contribution in [0.25, 0.3) is 0 Å². The maximum absolute atomic E-state index is 12.8. The SMILES string of the molecule is C=CC1CC(C)C(C(=O)NCCN2CCCCC2)C1C(=O)C(C)C. The molecule has 1 saturated heterocycles.